The summed E-state index contributed by atoms with van der Waals surface area (Å²) in [6.45, 7) is 15.2. The molecule has 0 saturated carbocycles. The van der Waals surface area contributed by atoms with Gasteiger partial charge in [-0.05, 0) is 31.3 Å². The van der Waals surface area contributed by atoms with Gasteiger partial charge in [-0.25, -0.2) is 4.98 Å². The fourth-order valence-corrected chi connectivity index (χ4v) is 2.84. The lowest BCUT2D eigenvalue weighted by Gasteiger charge is -2.23. The van der Waals surface area contributed by atoms with Crippen LogP contribution in [0.15, 0.2) is 18.2 Å². The number of fused-ring (bicyclic) bond motifs is 1. The van der Waals surface area contributed by atoms with E-state index in [0.717, 1.165) is 48.1 Å². The van der Waals surface area contributed by atoms with Crippen molar-refractivity contribution in [3.63, 3.8) is 0 Å². The predicted octanol–water partition coefficient (Wildman–Crippen LogP) is 4.33. The first-order chi connectivity index (χ1) is 9.86. The van der Waals surface area contributed by atoms with E-state index in [-0.39, 0.29) is 5.41 Å². The molecule has 1 heterocycles. The first-order valence-corrected chi connectivity index (χ1v) is 8.13. The average molecular weight is 308 g/mol. The Morgan fingerprint density at radius 2 is 1.86 bits per heavy atom. The molecule has 21 heavy (non-hydrogen) atoms. The third-order valence-electron chi connectivity index (χ3n) is 3.92. The summed E-state index contributed by atoms with van der Waals surface area (Å²) in [6, 6.07) is 5.96. The Balaban J connectivity index is 2.44. The molecule has 2 rings (SSSR count). The van der Waals surface area contributed by atoms with Crippen LogP contribution in [0, 0.1) is 0 Å². The number of rotatable bonds is 5. The third kappa shape index (κ3) is 3.58. The predicted molar refractivity (Wildman–Crippen MR) is 91.2 cm³/mol. The minimum absolute atomic E-state index is 0.0226. The number of likely N-dealkylation sites (N-methyl/N-ethyl adjacent to an activating group) is 1. The second-order valence-electron chi connectivity index (χ2n) is 6.50. The third-order valence-corrected chi connectivity index (χ3v) is 4.15. The molecule has 0 atom stereocenters. The summed E-state index contributed by atoms with van der Waals surface area (Å²) < 4.78 is 2.33. The summed E-state index contributed by atoms with van der Waals surface area (Å²) in [5.41, 5.74) is 2.19. The number of imidazole rings is 1. The van der Waals surface area contributed by atoms with Crippen molar-refractivity contribution >= 4 is 22.6 Å². The van der Waals surface area contributed by atoms with E-state index in [0.29, 0.717) is 0 Å². The molecule has 0 saturated heterocycles. The molecule has 0 aliphatic rings. The summed E-state index contributed by atoms with van der Waals surface area (Å²) in [6.07, 6.45) is 0. The van der Waals surface area contributed by atoms with E-state index < -0.39 is 0 Å². The maximum absolute atomic E-state index is 6.18. The summed E-state index contributed by atoms with van der Waals surface area (Å²) in [5.74, 6) is 1.13. The Hall–Kier alpha value is -1.06. The van der Waals surface area contributed by atoms with Gasteiger partial charge in [-0.2, -0.15) is 0 Å². The van der Waals surface area contributed by atoms with E-state index in [4.69, 9.17) is 16.6 Å². The monoisotopic (exact) mass is 307 g/mol. The zero-order valence-corrected chi connectivity index (χ0v) is 14.5. The Kier molecular flexibility index (Phi) is 4.95. The van der Waals surface area contributed by atoms with Gasteiger partial charge in [0.05, 0.1) is 11.0 Å². The molecule has 4 heteroatoms. The van der Waals surface area contributed by atoms with Crippen LogP contribution in [0.3, 0.4) is 0 Å². The van der Waals surface area contributed by atoms with Gasteiger partial charge in [-0.1, -0.05) is 46.2 Å². The number of aromatic nitrogens is 2. The fraction of sp³-hybridized carbons (Fsp3) is 0.588. The molecule has 0 aliphatic carbocycles. The highest BCUT2D eigenvalue weighted by Gasteiger charge is 2.23. The highest BCUT2D eigenvalue weighted by molar-refractivity contribution is 6.31. The number of nitrogens with zero attached hydrogens (tertiary/aromatic N) is 3. The fourth-order valence-electron chi connectivity index (χ4n) is 2.68. The Labute approximate surface area is 132 Å². The van der Waals surface area contributed by atoms with Gasteiger partial charge < -0.3 is 9.47 Å². The molecule has 1 aromatic carbocycles. The quantitative estimate of drug-likeness (QED) is 0.820. The Morgan fingerprint density at radius 3 is 2.43 bits per heavy atom. The van der Waals surface area contributed by atoms with Gasteiger partial charge in [0.1, 0.15) is 5.82 Å². The van der Waals surface area contributed by atoms with Crippen LogP contribution in [-0.2, 0) is 12.0 Å². The van der Waals surface area contributed by atoms with Crippen molar-refractivity contribution in [1.82, 2.24) is 14.5 Å². The zero-order valence-electron chi connectivity index (χ0n) is 13.8. The molecule has 1 aromatic heterocycles. The van der Waals surface area contributed by atoms with Gasteiger partial charge in [0.2, 0.25) is 0 Å². The van der Waals surface area contributed by atoms with Crippen molar-refractivity contribution < 1.29 is 0 Å². The second-order valence-corrected chi connectivity index (χ2v) is 6.93. The topological polar surface area (TPSA) is 21.1 Å². The maximum atomic E-state index is 6.18. The van der Waals surface area contributed by atoms with Gasteiger partial charge in [0.25, 0.3) is 0 Å². The zero-order chi connectivity index (χ0) is 15.6. The molecule has 0 radical (unpaired) electrons. The molecule has 0 bridgehead atoms. The highest BCUT2D eigenvalue weighted by atomic mass is 35.5. The van der Waals surface area contributed by atoms with Gasteiger partial charge in [-0.15, -0.1) is 0 Å². The molecule has 0 unspecified atom stereocenters. The summed E-state index contributed by atoms with van der Waals surface area (Å²) in [4.78, 5) is 7.27. The van der Waals surface area contributed by atoms with E-state index >= 15 is 0 Å². The molecule has 3 nitrogen and oxygen atoms in total. The Morgan fingerprint density at radius 1 is 1.19 bits per heavy atom. The minimum Gasteiger partial charge on any atom is -0.326 e. The van der Waals surface area contributed by atoms with Crippen molar-refractivity contribution in [2.24, 2.45) is 0 Å². The molecular weight excluding hydrogens is 282 g/mol. The van der Waals surface area contributed by atoms with Crippen LogP contribution in [-0.4, -0.2) is 34.1 Å². The molecule has 116 valence electrons. The molecule has 0 amide bonds. The van der Waals surface area contributed by atoms with E-state index in [1.807, 2.05) is 18.2 Å². The Bertz CT molecular complexity index is 606. The second kappa shape index (κ2) is 6.37. The van der Waals surface area contributed by atoms with Crippen molar-refractivity contribution in [3.8, 4) is 0 Å². The molecule has 0 N–H and O–H groups in total. The van der Waals surface area contributed by atoms with Crippen LogP contribution >= 0.6 is 11.6 Å². The van der Waals surface area contributed by atoms with Crippen molar-refractivity contribution in [2.45, 2.75) is 46.6 Å². The van der Waals surface area contributed by atoms with E-state index in [1.54, 1.807) is 0 Å². The lowest BCUT2D eigenvalue weighted by molar-refractivity contribution is 0.288. The van der Waals surface area contributed by atoms with Gasteiger partial charge in [0, 0.05) is 23.5 Å². The van der Waals surface area contributed by atoms with E-state index in [9.17, 15) is 0 Å². The lowest BCUT2D eigenvalue weighted by Crippen LogP contribution is -2.29. The lowest BCUT2D eigenvalue weighted by atomic mass is 9.95. The van der Waals surface area contributed by atoms with E-state index in [2.05, 4.69) is 44.1 Å². The number of halogens is 1. The van der Waals surface area contributed by atoms with Gasteiger partial charge in [-0.3, -0.25) is 0 Å². The van der Waals surface area contributed by atoms with Crippen LogP contribution in [0.5, 0.6) is 0 Å². The van der Waals surface area contributed by atoms with Crippen LogP contribution in [0.1, 0.15) is 40.4 Å². The molecule has 0 aliphatic heterocycles. The van der Waals surface area contributed by atoms with Gasteiger partial charge in [0.15, 0.2) is 0 Å². The first kappa shape index (κ1) is 16.3. The van der Waals surface area contributed by atoms with Crippen LogP contribution in [0.2, 0.25) is 5.02 Å². The van der Waals surface area contributed by atoms with Crippen molar-refractivity contribution in [1.29, 1.82) is 0 Å². The number of hydrogen-bond donors (Lipinski definition) is 0. The maximum Gasteiger partial charge on any atom is 0.115 e. The van der Waals surface area contributed by atoms with Crippen LogP contribution < -0.4 is 0 Å². The number of hydrogen-bond acceptors (Lipinski definition) is 2. The SMILES string of the molecule is CCN(CC)CCn1c(C(C)(C)C)nc2ccc(Cl)cc21. The molecular formula is C17H26ClN3. The normalized spacial score (nSPS) is 12.5. The molecule has 0 spiro atoms. The average Bonchev–Trinajstić information content (AvgIpc) is 2.78. The smallest absolute Gasteiger partial charge is 0.115 e. The van der Waals surface area contributed by atoms with Gasteiger partial charge >= 0.3 is 0 Å². The first-order valence-electron chi connectivity index (χ1n) is 7.75. The number of benzene rings is 1. The largest absolute Gasteiger partial charge is 0.326 e. The summed E-state index contributed by atoms with van der Waals surface area (Å²) >= 11 is 6.18. The van der Waals surface area contributed by atoms with Crippen LogP contribution in [0.4, 0.5) is 0 Å². The standard InChI is InChI=1S/C17H26ClN3/c1-6-20(7-2)10-11-21-15-12-13(18)8-9-14(15)19-16(21)17(3,4)5/h8-9,12H,6-7,10-11H2,1-5H3. The molecule has 2 aromatic rings. The minimum atomic E-state index is 0.0226. The summed E-state index contributed by atoms with van der Waals surface area (Å²) in [7, 11) is 0. The summed E-state index contributed by atoms with van der Waals surface area (Å²) in [5, 5.41) is 0.770. The van der Waals surface area contributed by atoms with Crippen molar-refractivity contribution in [3.05, 3.63) is 29.0 Å². The van der Waals surface area contributed by atoms with E-state index in [1.165, 1.54) is 0 Å². The van der Waals surface area contributed by atoms with Crippen LogP contribution in [0.25, 0.3) is 11.0 Å². The molecule has 0 fully saturated rings. The highest BCUT2D eigenvalue weighted by Crippen LogP contribution is 2.28. The van der Waals surface area contributed by atoms with Crippen molar-refractivity contribution in [2.75, 3.05) is 19.6 Å².